The van der Waals surface area contributed by atoms with Crippen molar-refractivity contribution in [1.82, 2.24) is 0 Å². The molecule has 1 atom stereocenters. The zero-order valence-corrected chi connectivity index (χ0v) is 19.9. The first-order valence-electron chi connectivity index (χ1n) is 11.4. The Bertz CT molecular complexity index is 1450. The van der Waals surface area contributed by atoms with E-state index in [0.29, 0.717) is 11.6 Å². The van der Waals surface area contributed by atoms with Crippen molar-refractivity contribution in [2.24, 2.45) is 11.3 Å². The molecular formula is C27H28FNO3S. The molecule has 1 unspecified atom stereocenters. The normalized spacial score (nSPS) is 16.8. The quantitative estimate of drug-likeness (QED) is 0.343. The van der Waals surface area contributed by atoms with Gasteiger partial charge in [-0.1, -0.05) is 51.5 Å². The van der Waals surface area contributed by atoms with Gasteiger partial charge in [0.1, 0.15) is 17.2 Å². The smallest absolute Gasteiger partial charge is 0.261 e. The Kier molecular flexibility index (Phi) is 5.24. The fourth-order valence-electron chi connectivity index (χ4n) is 4.95. The SMILES string of the molecule is CCC(C)(C)C1CCc2oc3c(cc(NS(=O)(=O)c4ccc(F)cc4)c4ccccc43)c2C1. The predicted octanol–water partition coefficient (Wildman–Crippen LogP) is 7.07. The number of nitrogens with one attached hydrogen (secondary N) is 1. The summed E-state index contributed by atoms with van der Waals surface area (Å²) in [7, 11) is -3.88. The van der Waals surface area contributed by atoms with E-state index < -0.39 is 15.8 Å². The Morgan fingerprint density at radius 1 is 1.06 bits per heavy atom. The molecule has 4 aromatic rings. The van der Waals surface area contributed by atoms with Gasteiger partial charge in [0.15, 0.2) is 0 Å². The van der Waals surface area contributed by atoms with E-state index in [2.05, 4.69) is 25.5 Å². The molecule has 0 radical (unpaired) electrons. The van der Waals surface area contributed by atoms with E-state index in [0.717, 1.165) is 65.3 Å². The lowest BCUT2D eigenvalue weighted by atomic mass is 9.69. The molecule has 1 aliphatic carbocycles. The monoisotopic (exact) mass is 465 g/mol. The number of furan rings is 1. The summed E-state index contributed by atoms with van der Waals surface area (Å²) >= 11 is 0. The number of anilines is 1. The van der Waals surface area contributed by atoms with Gasteiger partial charge < -0.3 is 4.42 Å². The molecule has 0 amide bonds. The Labute approximate surface area is 193 Å². The Hall–Kier alpha value is -2.86. The van der Waals surface area contributed by atoms with Crippen LogP contribution in [-0.2, 0) is 22.9 Å². The molecular weight excluding hydrogens is 437 g/mol. The largest absolute Gasteiger partial charge is 0.460 e. The number of hydrogen-bond donors (Lipinski definition) is 1. The van der Waals surface area contributed by atoms with E-state index in [1.807, 2.05) is 30.3 Å². The Morgan fingerprint density at radius 3 is 2.45 bits per heavy atom. The number of rotatable bonds is 5. The second-order valence-corrected chi connectivity index (χ2v) is 11.4. The number of aryl methyl sites for hydroxylation is 1. The van der Waals surface area contributed by atoms with E-state index in [4.69, 9.17) is 4.42 Å². The minimum atomic E-state index is -3.88. The van der Waals surface area contributed by atoms with Gasteiger partial charge in [-0.15, -0.1) is 0 Å². The van der Waals surface area contributed by atoms with Gasteiger partial charge in [0, 0.05) is 28.1 Å². The van der Waals surface area contributed by atoms with E-state index in [9.17, 15) is 12.8 Å². The zero-order valence-electron chi connectivity index (χ0n) is 19.1. The molecule has 0 saturated heterocycles. The lowest BCUT2D eigenvalue weighted by Gasteiger charge is -2.36. The van der Waals surface area contributed by atoms with Crippen LogP contribution in [0.5, 0.6) is 0 Å². The minimum Gasteiger partial charge on any atom is -0.460 e. The Balaban J connectivity index is 1.65. The standard InChI is InChI=1S/C27H28FNO3S/c1-4-27(2,3)17-9-14-25-22(15-17)23-16-24(20-7-5-6-8-21(20)26(23)32-25)29-33(30,31)19-12-10-18(28)11-13-19/h5-8,10-13,16-17,29H,4,9,14-15H2,1-3H3. The third-order valence-corrected chi connectivity index (χ3v) is 8.82. The molecule has 0 saturated carbocycles. The molecule has 0 spiro atoms. The average Bonchev–Trinajstić information content (AvgIpc) is 3.17. The first-order chi connectivity index (χ1) is 15.7. The van der Waals surface area contributed by atoms with Gasteiger partial charge in [0.2, 0.25) is 0 Å². The summed E-state index contributed by atoms with van der Waals surface area (Å²) in [6.07, 6.45) is 4.01. The first-order valence-corrected chi connectivity index (χ1v) is 12.9. The maximum absolute atomic E-state index is 13.3. The van der Waals surface area contributed by atoms with E-state index in [1.54, 1.807) is 0 Å². The van der Waals surface area contributed by atoms with Crippen LogP contribution in [0, 0.1) is 17.2 Å². The maximum atomic E-state index is 13.3. The van der Waals surface area contributed by atoms with Crippen LogP contribution in [0.3, 0.4) is 0 Å². The van der Waals surface area contributed by atoms with Gasteiger partial charge in [-0.05, 0) is 54.5 Å². The van der Waals surface area contributed by atoms with Crippen molar-refractivity contribution in [3.63, 3.8) is 0 Å². The molecule has 1 heterocycles. The highest BCUT2D eigenvalue weighted by Crippen LogP contribution is 2.45. The van der Waals surface area contributed by atoms with Crippen LogP contribution in [0.1, 0.15) is 44.9 Å². The van der Waals surface area contributed by atoms with Crippen molar-refractivity contribution in [1.29, 1.82) is 0 Å². The van der Waals surface area contributed by atoms with Crippen LogP contribution in [0.2, 0.25) is 0 Å². The summed E-state index contributed by atoms with van der Waals surface area (Å²) < 4.78 is 48.6. The van der Waals surface area contributed by atoms with Crippen molar-refractivity contribution in [3.05, 3.63) is 71.7 Å². The number of halogens is 1. The second kappa shape index (κ2) is 7.87. The molecule has 1 aromatic heterocycles. The van der Waals surface area contributed by atoms with Crippen LogP contribution in [0.4, 0.5) is 10.1 Å². The molecule has 0 fully saturated rings. The number of benzene rings is 3. The number of fused-ring (bicyclic) bond motifs is 5. The van der Waals surface area contributed by atoms with Gasteiger partial charge in [-0.2, -0.15) is 0 Å². The molecule has 3 aromatic carbocycles. The van der Waals surface area contributed by atoms with Gasteiger partial charge >= 0.3 is 0 Å². The fourth-order valence-corrected chi connectivity index (χ4v) is 6.03. The fraction of sp³-hybridized carbons (Fsp3) is 0.333. The molecule has 5 rings (SSSR count). The highest BCUT2D eigenvalue weighted by Gasteiger charge is 2.34. The molecule has 172 valence electrons. The van der Waals surface area contributed by atoms with Crippen LogP contribution in [0.15, 0.2) is 63.9 Å². The molecule has 4 nitrogen and oxygen atoms in total. The predicted molar refractivity (Wildman–Crippen MR) is 131 cm³/mol. The number of hydrogen-bond acceptors (Lipinski definition) is 3. The highest BCUT2D eigenvalue weighted by atomic mass is 32.2. The van der Waals surface area contributed by atoms with Crippen LogP contribution < -0.4 is 4.72 Å². The molecule has 1 aliphatic rings. The summed E-state index contributed by atoms with van der Waals surface area (Å²) in [5, 5.41) is 2.62. The molecule has 1 N–H and O–H groups in total. The molecule has 0 aliphatic heterocycles. The van der Waals surface area contributed by atoms with Crippen LogP contribution in [0.25, 0.3) is 21.7 Å². The van der Waals surface area contributed by atoms with Gasteiger partial charge in [-0.3, -0.25) is 4.72 Å². The average molecular weight is 466 g/mol. The maximum Gasteiger partial charge on any atom is 0.261 e. The summed E-state index contributed by atoms with van der Waals surface area (Å²) in [4.78, 5) is 0.0204. The van der Waals surface area contributed by atoms with E-state index in [-0.39, 0.29) is 10.3 Å². The highest BCUT2D eigenvalue weighted by molar-refractivity contribution is 7.92. The summed E-state index contributed by atoms with van der Waals surface area (Å²) in [6, 6.07) is 14.4. The molecule has 33 heavy (non-hydrogen) atoms. The zero-order chi connectivity index (χ0) is 23.4. The van der Waals surface area contributed by atoms with Crippen molar-refractivity contribution in [2.45, 2.75) is 51.3 Å². The number of sulfonamides is 1. The second-order valence-electron chi connectivity index (χ2n) is 9.69. The minimum absolute atomic E-state index is 0.0204. The topological polar surface area (TPSA) is 59.3 Å². The van der Waals surface area contributed by atoms with Gasteiger partial charge in [0.25, 0.3) is 10.0 Å². The van der Waals surface area contributed by atoms with Gasteiger partial charge in [0.05, 0.1) is 10.6 Å². The summed E-state index contributed by atoms with van der Waals surface area (Å²) in [6.45, 7) is 6.88. The third-order valence-electron chi connectivity index (χ3n) is 7.44. The van der Waals surface area contributed by atoms with Crippen LogP contribution >= 0.6 is 0 Å². The van der Waals surface area contributed by atoms with Crippen LogP contribution in [-0.4, -0.2) is 8.42 Å². The Morgan fingerprint density at radius 2 is 1.76 bits per heavy atom. The van der Waals surface area contributed by atoms with Crippen molar-refractivity contribution in [2.75, 3.05) is 4.72 Å². The van der Waals surface area contributed by atoms with Crippen molar-refractivity contribution >= 4 is 37.5 Å². The first kappa shape index (κ1) is 22.0. The lowest BCUT2D eigenvalue weighted by molar-refractivity contribution is 0.179. The summed E-state index contributed by atoms with van der Waals surface area (Å²) in [5.41, 5.74) is 2.74. The lowest BCUT2D eigenvalue weighted by Crippen LogP contribution is -2.28. The van der Waals surface area contributed by atoms with Crippen molar-refractivity contribution < 1.29 is 17.2 Å². The van der Waals surface area contributed by atoms with E-state index >= 15 is 0 Å². The van der Waals surface area contributed by atoms with Gasteiger partial charge in [-0.25, -0.2) is 12.8 Å². The summed E-state index contributed by atoms with van der Waals surface area (Å²) in [5.74, 6) is 1.08. The molecule has 6 heteroatoms. The molecule has 0 bridgehead atoms. The van der Waals surface area contributed by atoms with Crippen molar-refractivity contribution in [3.8, 4) is 0 Å². The van der Waals surface area contributed by atoms with E-state index in [1.165, 1.54) is 17.7 Å². The third kappa shape index (κ3) is 3.80.